The van der Waals surface area contributed by atoms with E-state index >= 15 is 0 Å². The Morgan fingerprint density at radius 2 is 2.17 bits per heavy atom. The Bertz CT molecular complexity index is 528. The monoisotopic (exact) mass is 347 g/mol. The fourth-order valence-electron chi connectivity index (χ4n) is 1.60. The van der Waals surface area contributed by atoms with Crippen LogP contribution in [-0.4, -0.2) is 20.9 Å². The van der Waals surface area contributed by atoms with Gasteiger partial charge in [0.1, 0.15) is 0 Å². The molecule has 96 valence electrons. The number of halogens is 3. The van der Waals surface area contributed by atoms with E-state index in [4.69, 9.17) is 23.2 Å². The highest BCUT2D eigenvalue weighted by atomic mass is 79.9. The minimum atomic E-state index is 0.625. The van der Waals surface area contributed by atoms with Crippen LogP contribution in [0.3, 0.4) is 0 Å². The topological polar surface area (TPSA) is 30.7 Å². The Hall–Kier alpha value is -0.580. The van der Waals surface area contributed by atoms with E-state index in [0.29, 0.717) is 12.4 Å². The number of rotatable bonds is 5. The molecule has 0 unspecified atom stereocenters. The van der Waals surface area contributed by atoms with Gasteiger partial charge in [-0.05, 0) is 30.5 Å². The number of aryl methyl sites for hydroxylation is 1. The van der Waals surface area contributed by atoms with Gasteiger partial charge in [0.25, 0.3) is 0 Å². The molecule has 6 heteroatoms. The molecule has 1 heterocycles. The molecule has 0 saturated carbocycles. The molecule has 0 N–H and O–H groups in total. The highest BCUT2D eigenvalue weighted by Crippen LogP contribution is 2.21. The normalized spacial score (nSPS) is 10.8. The minimum absolute atomic E-state index is 0.625. The van der Waals surface area contributed by atoms with Crippen LogP contribution in [0.15, 0.2) is 28.9 Å². The SMILES string of the molecule is ClCCCc1cn(Cc2ccc(Br)cc2Cl)nn1. The van der Waals surface area contributed by atoms with E-state index in [-0.39, 0.29) is 0 Å². The second kappa shape index (κ2) is 6.55. The highest BCUT2D eigenvalue weighted by molar-refractivity contribution is 9.10. The molecule has 0 amide bonds. The van der Waals surface area contributed by atoms with Crippen LogP contribution in [0.2, 0.25) is 5.02 Å². The van der Waals surface area contributed by atoms with Gasteiger partial charge < -0.3 is 0 Å². The van der Waals surface area contributed by atoms with Gasteiger partial charge in [-0.1, -0.05) is 38.8 Å². The summed E-state index contributed by atoms with van der Waals surface area (Å²) < 4.78 is 2.76. The van der Waals surface area contributed by atoms with Gasteiger partial charge >= 0.3 is 0 Å². The van der Waals surface area contributed by atoms with Gasteiger partial charge in [0.15, 0.2) is 0 Å². The second-order valence-corrected chi connectivity index (χ2v) is 5.64. The third-order valence-electron chi connectivity index (χ3n) is 2.50. The van der Waals surface area contributed by atoms with Crippen LogP contribution in [0.25, 0.3) is 0 Å². The van der Waals surface area contributed by atoms with Crippen LogP contribution in [0.5, 0.6) is 0 Å². The molecule has 0 fully saturated rings. The Labute approximate surface area is 124 Å². The highest BCUT2D eigenvalue weighted by Gasteiger charge is 2.05. The lowest BCUT2D eigenvalue weighted by molar-refractivity contribution is 0.649. The summed E-state index contributed by atoms with van der Waals surface area (Å²) in [5.41, 5.74) is 1.98. The molecule has 1 aromatic carbocycles. The largest absolute Gasteiger partial charge is 0.248 e. The molecule has 0 bridgehead atoms. The summed E-state index contributed by atoms with van der Waals surface area (Å²) >= 11 is 15.2. The number of alkyl halides is 1. The smallest absolute Gasteiger partial charge is 0.0827 e. The van der Waals surface area contributed by atoms with Crippen molar-refractivity contribution in [3.63, 3.8) is 0 Å². The van der Waals surface area contributed by atoms with Crippen molar-refractivity contribution in [2.45, 2.75) is 19.4 Å². The second-order valence-electron chi connectivity index (χ2n) is 3.94. The van der Waals surface area contributed by atoms with Gasteiger partial charge in [-0.15, -0.1) is 16.7 Å². The molecule has 3 nitrogen and oxygen atoms in total. The Balaban J connectivity index is 2.06. The number of hydrogen-bond donors (Lipinski definition) is 0. The molecule has 0 atom stereocenters. The van der Waals surface area contributed by atoms with Crippen molar-refractivity contribution in [2.24, 2.45) is 0 Å². The predicted octanol–water partition coefficient (Wildman–Crippen LogP) is 3.91. The molecular formula is C12H12BrCl2N3. The average Bonchev–Trinajstić information content (AvgIpc) is 2.78. The third-order valence-corrected chi connectivity index (χ3v) is 3.61. The summed E-state index contributed by atoms with van der Waals surface area (Å²) in [6.07, 6.45) is 3.71. The predicted molar refractivity (Wildman–Crippen MR) is 77.3 cm³/mol. The summed E-state index contributed by atoms with van der Waals surface area (Å²) in [5.74, 6) is 0.644. The van der Waals surface area contributed by atoms with E-state index in [0.717, 1.165) is 33.6 Å². The molecule has 2 rings (SSSR count). The fourth-order valence-corrected chi connectivity index (χ4v) is 2.47. The van der Waals surface area contributed by atoms with Crippen molar-refractivity contribution in [2.75, 3.05) is 5.88 Å². The summed E-state index contributed by atoms with van der Waals surface area (Å²) in [5, 5.41) is 8.90. The van der Waals surface area contributed by atoms with Crippen LogP contribution in [-0.2, 0) is 13.0 Å². The van der Waals surface area contributed by atoms with Crippen molar-refractivity contribution >= 4 is 39.1 Å². The van der Waals surface area contributed by atoms with Gasteiger partial charge in [0, 0.05) is 21.6 Å². The molecule has 0 radical (unpaired) electrons. The molecular weight excluding hydrogens is 337 g/mol. The molecule has 0 aliphatic heterocycles. The first-order valence-corrected chi connectivity index (χ1v) is 7.28. The Morgan fingerprint density at radius 1 is 1.33 bits per heavy atom. The number of hydrogen-bond acceptors (Lipinski definition) is 2. The maximum Gasteiger partial charge on any atom is 0.0827 e. The first-order valence-electron chi connectivity index (χ1n) is 5.58. The van der Waals surface area contributed by atoms with Crippen LogP contribution < -0.4 is 0 Å². The van der Waals surface area contributed by atoms with Crippen molar-refractivity contribution in [3.8, 4) is 0 Å². The fraction of sp³-hybridized carbons (Fsp3) is 0.333. The van der Waals surface area contributed by atoms with E-state index in [9.17, 15) is 0 Å². The maximum atomic E-state index is 6.16. The first kappa shape index (κ1) is 13.8. The molecule has 0 aliphatic rings. The number of aromatic nitrogens is 3. The lowest BCUT2D eigenvalue weighted by Crippen LogP contribution is -2.01. The zero-order valence-corrected chi connectivity index (χ0v) is 12.7. The van der Waals surface area contributed by atoms with Gasteiger partial charge in [-0.25, -0.2) is 4.68 Å². The van der Waals surface area contributed by atoms with Gasteiger partial charge in [-0.2, -0.15) is 0 Å². The maximum absolute atomic E-state index is 6.16. The summed E-state index contributed by atoms with van der Waals surface area (Å²) in [7, 11) is 0. The summed E-state index contributed by atoms with van der Waals surface area (Å²) in [6.45, 7) is 0.625. The molecule has 2 aromatic rings. The summed E-state index contributed by atoms with van der Waals surface area (Å²) in [6, 6.07) is 5.82. The van der Waals surface area contributed by atoms with Crippen molar-refractivity contribution in [3.05, 3.63) is 45.1 Å². The van der Waals surface area contributed by atoms with E-state index in [1.165, 1.54) is 0 Å². The summed E-state index contributed by atoms with van der Waals surface area (Å²) in [4.78, 5) is 0. The standard InChI is InChI=1S/C12H12BrCl2N3/c13-10-4-3-9(12(15)6-10)7-18-8-11(16-17-18)2-1-5-14/h3-4,6,8H,1-2,5,7H2. The van der Waals surface area contributed by atoms with Crippen molar-refractivity contribution < 1.29 is 0 Å². The van der Waals surface area contributed by atoms with Crippen LogP contribution >= 0.6 is 39.1 Å². The van der Waals surface area contributed by atoms with Crippen LogP contribution in [0.4, 0.5) is 0 Å². The molecule has 18 heavy (non-hydrogen) atoms. The van der Waals surface area contributed by atoms with Crippen molar-refractivity contribution in [1.82, 2.24) is 15.0 Å². The van der Waals surface area contributed by atoms with Gasteiger partial charge in [0.05, 0.1) is 12.2 Å². The van der Waals surface area contributed by atoms with Crippen molar-refractivity contribution in [1.29, 1.82) is 0 Å². The van der Waals surface area contributed by atoms with Gasteiger partial charge in [-0.3, -0.25) is 0 Å². The Kier molecular flexibility index (Phi) is 5.03. The minimum Gasteiger partial charge on any atom is -0.248 e. The zero-order valence-electron chi connectivity index (χ0n) is 9.61. The van der Waals surface area contributed by atoms with Gasteiger partial charge in [0.2, 0.25) is 0 Å². The lowest BCUT2D eigenvalue weighted by Gasteiger charge is -2.04. The number of nitrogens with zero attached hydrogens (tertiary/aromatic N) is 3. The Morgan fingerprint density at radius 3 is 2.89 bits per heavy atom. The third kappa shape index (κ3) is 3.70. The zero-order chi connectivity index (χ0) is 13.0. The number of benzene rings is 1. The lowest BCUT2D eigenvalue weighted by atomic mass is 10.2. The van der Waals surface area contributed by atoms with E-state index in [1.807, 2.05) is 24.4 Å². The average molecular weight is 349 g/mol. The molecule has 0 aliphatic carbocycles. The van der Waals surface area contributed by atoms with E-state index < -0.39 is 0 Å². The van der Waals surface area contributed by atoms with Crippen LogP contribution in [0.1, 0.15) is 17.7 Å². The molecule has 0 saturated heterocycles. The quantitative estimate of drug-likeness (QED) is 0.767. The van der Waals surface area contributed by atoms with E-state index in [1.54, 1.807) is 4.68 Å². The first-order chi connectivity index (χ1) is 8.69. The van der Waals surface area contributed by atoms with E-state index in [2.05, 4.69) is 26.2 Å². The molecule has 0 spiro atoms. The van der Waals surface area contributed by atoms with Crippen LogP contribution in [0, 0.1) is 0 Å². The molecule has 1 aromatic heterocycles.